The first kappa shape index (κ1) is 18.9. The van der Waals surface area contributed by atoms with Crippen molar-refractivity contribution < 1.29 is 31.5 Å². The van der Waals surface area contributed by atoms with Crippen molar-refractivity contribution in [3.63, 3.8) is 0 Å². The maximum absolute atomic E-state index is 13.4. The highest BCUT2D eigenvalue weighted by Crippen LogP contribution is 2.32. The van der Waals surface area contributed by atoms with Crippen LogP contribution in [0.1, 0.15) is 0 Å². The predicted octanol–water partition coefficient (Wildman–Crippen LogP) is 2.14. The van der Waals surface area contributed by atoms with E-state index in [1.165, 1.54) is 0 Å². The number of fused-ring (bicyclic) bond motifs is 1. The van der Waals surface area contributed by atoms with E-state index in [2.05, 4.69) is 5.32 Å². The molecule has 0 aliphatic carbocycles. The Kier molecular flexibility index (Phi) is 5.17. The summed E-state index contributed by atoms with van der Waals surface area (Å²) in [6.45, 7) is 0.191. The lowest BCUT2D eigenvalue weighted by Gasteiger charge is -2.22. The minimum atomic E-state index is -3.91. The quantitative estimate of drug-likeness (QED) is 0.834. The minimum absolute atomic E-state index is 0.159. The summed E-state index contributed by atoms with van der Waals surface area (Å²) in [5.74, 6) is -2.00. The van der Waals surface area contributed by atoms with Crippen molar-refractivity contribution in [1.29, 1.82) is 0 Å². The summed E-state index contributed by atoms with van der Waals surface area (Å²) in [5.41, 5.74) is 0.219. The number of rotatable bonds is 5. The summed E-state index contributed by atoms with van der Waals surface area (Å²) < 4.78 is 62.0. The highest BCUT2D eigenvalue weighted by molar-refractivity contribution is 7.92. The smallest absolute Gasteiger partial charge is 0.245 e. The van der Waals surface area contributed by atoms with E-state index in [0.717, 1.165) is 18.4 Å². The Morgan fingerprint density at radius 1 is 1.07 bits per heavy atom. The number of nitrogens with one attached hydrogen (secondary N) is 1. The van der Waals surface area contributed by atoms with Crippen molar-refractivity contribution in [2.45, 2.75) is 0 Å². The average molecular weight is 398 g/mol. The number of amides is 1. The third-order valence-corrected chi connectivity index (χ3v) is 4.85. The molecule has 2 aromatic carbocycles. The van der Waals surface area contributed by atoms with Gasteiger partial charge in [0.25, 0.3) is 0 Å². The first-order valence-corrected chi connectivity index (χ1v) is 9.71. The molecule has 2 aromatic rings. The molecule has 0 radical (unpaired) electrons. The lowest BCUT2D eigenvalue weighted by Crippen LogP contribution is -2.37. The fourth-order valence-corrected chi connectivity index (χ4v) is 3.34. The number of anilines is 2. The standard InChI is InChI=1S/C17H16F2N2O5S/c1-27(23,24)21(12-3-4-13(18)14(19)9-12)10-17(22)20-11-2-5-15-16(8-11)26-7-6-25-15/h2-5,8-9H,6-7,10H2,1H3,(H,20,22). The SMILES string of the molecule is CS(=O)(=O)N(CC(=O)Nc1ccc2c(c1)OCCO2)c1ccc(F)c(F)c1. The maximum Gasteiger partial charge on any atom is 0.245 e. The van der Waals surface area contributed by atoms with E-state index in [1.54, 1.807) is 18.2 Å². The molecule has 27 heavy (non-hydrogen) atoms. The molecule has 1 N–H and O–H groups in total. The van der Waals surface area contributed by atoms with Gasteiger partial charge in [-0.25, -0.2) is 17.2 Å². The van der Waals surface area contributed by atoms with Crippen LogP contribution in [0.4, 0.5) is 20.2 Å². The third kappa shape index (κ3) is 4.45. The van der Waals surface area contributed by atoms with Crippen molar-refractivity contribution in [2.24, 2.45) is 0 Å². The zero-order valence-electron chi connectivity index (χ0n) is 14.2. The summed E-state index contributed by atoms with van der Waals surface area (Å²) in [5, 5.41) is 2.54. The summed E-state index contributed by atoms with van der Waals surface area (Å²) in [6, 6.07) is 7.34. The van der Waals surface area contributed by atoms with Crippen LogP contribution in [0.3, 0.4) is 0 Å². The van der Waals surface area contributed by atoms with Crippen LogP contribution in [-0.4, -0.2) is 40.3 Å². The van der Waals surface area contributed by atoms with Gasteiger partial charge in [0, 0.05) is 17.8 Å². The average Bonchev–Trinajstić information content (AvgIpc) is 2.61. The van der Waals surface area contributed by atoms with Gasteiger partial charge < -0.3 is 14.8 Å². The first-order valence-electron chi connectivity index (χ1n) is 7.86. The van der Waals surface area contributed by atoms with Crippen LogP contribution in [0.25, 0.3) is 0 Å². The van der Waals surface area contributed by atoms with Crippen LogP contribution >= 0.6 is 0 Å². The molecule has 1 aliphatic rings. The molecular formula is C17H16F2N2O5S. The molecule has 0 atom stereocenters. The van der Waals surface area contributed by atoms with E-state index < -0.39 is 34.1 Å². The van der Waals surface area contributed by atoms with E-state index >= 15 is 0 Å². The van der Waals surface area contributed by atoms with Crippen molar-refractivity contribution in [3.05, 3.63) is 48.0 Å². The molecule has 0 saturated carbocycles. The van der Waals surface area contributed by atoms with Crippen LogP contribution < -0.4 is 19.1 Å². The minimum Gasteiger partial charge on any atom is -0.486 e. The number of benzene rings is 2. The second-order valence-electron chi connectivity index (χ2n) is 5.77. The van der Waals surface area contributed by atoms with Crippen molar-refractivity contribution >= 4 is 27.3 Å². The highest BCUT2D eigenvalue weighted by Gasteiger charge is 2.22. The molecule has 10 heteroatoms. The number of ether oxygens (including phenoxy) is 2. The summed E-state index contributed by atoms with van der Waals surface area (Å²) in [7, 11) is -3.91. The van der Waals surface area contributed by atoms with Crippen molar-refractivity contribution in [1.82, 2.24) is 0 Å². The van der Waals surface area contributed by atoms with Gasteiger partial charge in [0.15, 0.2) is 23.1 Å². The maximum atomic E-state index is 13.4. The van der Waals surface area contributed by atoms with Crippen molar-refractivity contribution in [2.75, 3.05) is 35.6 Å². The Balaban J connectivity index is 1.78. The van der Waals surface area contributed by atoms with Gasteiger partial charge in [0.1, 0.15) is 19.8 Å². The molecule has 3 rings (SSSR count). The second-order valence-corrected chi connectivity index (χ2v) is 7.68. The zero-order chi connectivity index (χ0) is 19.6. The number of carbonyl (C=O) groups is 1. The van der Waals surface area contributed by atoms with Gasteiger partial charge in [0.2, 0.25) is 15.9 Å². The van der Waals surface area contributed by atoms with Crippen molar-refractivity contribution in [3.8, 4) is 11.5 Å². The predicted molar refractivity (Wildman–Crippen MR) is 94.6 cm³/mol. The Hall–Kier alpha value is -2.88. The van der Waals surface area contributed by atoms with Crippen LogP contribution in [-0.2, 0) is 14.8 Å². The monoisotopic (exact) mass is 398 g/mol. The lowest BCUT2D eigenvalue weighted by atomic mass is 10.2. The second kappa shape index (κ2) is 7.39. The van der Waals surface area contributed by atoms with E-state index in [-0.39, 0.29) is 5.69 Å². The Morgan fingerprint density at radius 3 is 2.44 bits per heavy atom. The van der Waals surface area contributed by atoms with E-state index in [4.69, 9.17) is 9.47 Å². The molecule has 0 bridgehead atoms. The van der Waals surface area contributed by atoms with Gasteiger partial charge in [-0.05, 0) is 24.3 Å². The molecule has 144 valence electrons. The molecule has 0 unspecified atom stereocenters. The molecule has 1 aliphatic heterocycles. The fourth-order valence-electron chi connectivity index (χ4n) is 2.49. The Bertz CT molecular complexity index is 981. The number of hydrogen-bond acceptors (Lipinski definition) is 5. The topological polar surface area (TPSA) is 84.9 Å². The van der Waals surface area contributed by atoms with Gasteiger partial charge in [0.05, 0.1) is 11.9 Å². The molecule has 0 fully saturated rings. The van der Waals surface area contributed by atoms with Gasteiger partial charge in [-0.1, -0.05) is 0 Å². The van der Waals surface area contributed by atoms with E-state index in [1.807, 2.05) is 0 Å². The molecule has 0 spiro atoms. The van der Waals surface area contributed by atoms with Crippen LogP contribution in [0.5, 0.6) is 11.5 Å². The first-order chi connectivity index (χ1) is 12.7. The molecule has 1 heterocycles. The fraction of sp³-hybridized carbons (Fsp3) is 0.235. The summed E-state index contributed by atoms with van der Waals surface area (Å²) in [4.78, 5) is 12.3. The summed E-state index contributed by atoms with van der Waals surface area (Å²) >= 11 is 0. The molecule has 7 nitrogen and oxygen atoms in total. The van der Waals surface area contributed by atoms with Gasteiger partial charge >= 0.3 is 0 Å². The lowest BCUT2D eigenvalue weighted by molar-refractivity contribution is -0.114. The Labute approximate surface area is 154 Å². The third-order valence-electron chi connectivity index (χ3n) is 3.70. The molecular weight excluding hydrogens is 382 g/mol. The normalized spacial score (nSPS) is 13.1. The number of carbonyl (C=O) groups excluding carboxylic acids is 1. The van der Waals surface area contributed by atoms with Crippen LogP contribution in [0.15, 0.2) is 36.4 Å². The molecule has 1 amide bonds. The zero-order valence-corrected chi connectivity index (χ0v) is 15.1. The van der Waals surface area contributed by atoms with Crippen LogP contribution in [0.2, 0.25) is 0 Å². The van der Waals surface area contributed by atoms with Gasteiger partial charge in [-0.3, -0.25) is 9.10 Å². The number of sulfonamides is 1. The summed E-state index contributed by atoms with van der Waals surface area (Å²) in [6.07, 6.45) is 0.867. The Morgan fingerprint density at radius 2 is 1.78 bits per heavy atom. The highest BCUT2D eigenvalue weighted by atomic mass is 32.2. The van der Waals surface area contributed by atoms with E-state index in [0.29, 0.717) is 40.8 Å². The molecule has 0 saturated heterocycles. The van der Waals surface area contributed by atoms with E-state index in [9.17, 15) is 22.0 Å². The van der Waals surface area contributed by atoms with Gasteiger partial charge in [-0.2, -0.15) is 0 Å². The molecule has 0 aromatic heterocycles. The van der Waals surface area contributed by atoms with Crippen LogP contribution in [0, 0.1) is 11.6 Å². The largest absolute Gasteiger partial charge is 0.486 e. The van der Waals surface area contributed by atoms with Gasteiger partial charge in [-0.15, -0.1) is 0 Å². The number of nitrogens with zero attached hydrogens (tertiary/aromatic N) is 1. The number of hydrogen-bond donors (Lipinski definition) is 1. The number of halogens is 2.